The Balaban J connectivity index is 1.42. The van der Waals surface area contributed by atoms with Gasteiger partial charge in [0, 0.05) is 30.0 Å². The van der Waals surface area contributed by atoms with Crippen LogP contribution in [0.25, 0.3) is 0 Å². The van der Waals surface area contributed by atoms with Crippen molar-refractivity contribution < 1.29 is 19.1 Å². The summed E-state index contributed by atoms with van der Waals surface area (Å²) >= 11 is 12.0. The summed E-state index contributed by atoms with van der Waals surface area (Å²) in [4.78, 5) is 27.5. The molecule has 0 spiro atoms. The van der Waals surface area contributed by atoms with E-state index in [1.807, 2.05) is 61.5 Å². The van der Waals surface area contributed by atoms with Gasteiger partial charge in [0.25, 0.3) is 5.91 Å². The number of urea groups is 1. The molecule has 0 heterocycles. The standard InChI is InChI=1S/C31H29Cl2N3O4/c1-2-39-25-14-10-23(11-15-25)35-31(38)36(20-6-19-34-30(37)22-9-18-28(32)29(33)21-22)24-12-16-27(17-13-24)40-26-7-4-3-5-8-26/h3-5,7-18,21H,2,6,19-20H2,1H3,(H,34,37)(H,35,38). The van der Waals surface area contributed by atoms with Gasteiger partial charge in [0.1, 0.15) is 17.2 Å². The van der Waals surface area contributed by atoms with Crippen LogP contribution in [0.2, 0.25) is 10.0 Å². The lowest BCUT2D eigenvalue weighted by Crippen LogP contribution is -2.37. The third-order valence-electron chi connectivity index (χ3n) is 5.81. The first-order valence-corrected chi connectivity index (χ1v) is 13.6. The monoisotopic (exact) mass is 577 g/mol. The van der Waals surface area contributed by atoms with Crippen LogP contribution in [0, 0.1) is 0 Å². The van der Waals surface area contributed by atoms with Crippen molar-refractivity contribution in [2.45, 2.75) is 13.3 Å². The van der Waals surface area contributed by atoms with Gasteiger partial charge in [0.2, 0.25) is 0 Å². The molecule has 4 aromatic rings. The Morgan fingerprint density at radius 2 is 1.48 bits per heavy atom. The smallest absolute Gasteiger partial charge is 0.326 e. The zero-order valence-electron chi connectivity index (χ0n) is 21.9. The first kappa shape index (κ1) is 28.8. The highest BCUT2D eigenvalue weighted by atomic mass is 35.5. The fourth-order valence-electron chi connectivity index (χ4n) is 3.84. The second-order valence-electron chi connectivity index (χ2n) is 8.69. The van der Waals surface area contributed by atoms with E-state index in [1.165, 1.54) is 6.07 Å². The topological polar surface area (TPSA) is 79.9 Å². The molecule has 40 heavy (non-hydrogen) atoms. The molecule has 2 N–H and O–H groups in total. The number of nitrogens with zero attached hydrogens (tertiary/aromatic N) is 1. The summed E-state index contributed by atoms with van der Waals surface area (Å²) in [5.41, 5.74) is 1.73. The van der Waals surface area contributed by atoms with Crippen LogP contribution in [0.3, 0.4) is 0 Å². The number of carbonyl (C=O) groups is 2. The van der Waals surface area contributed by atoms with Crippen molar-refractivity contribution >= 4 is 46.5 Å². The van der Waals surface area contributed by atoms with Gasteiger partial charge in [0.05, 0.1) is 16.7 Å². The zero-order valence-corrected chi connectivity index (χ0v) is 23.4. The van der Waals surface area contributed by atoms with Crippen molar-refractivity contribution in [3.63, 3.8) is 0 Å². The summed E-state index contributed by atoms with van der Waals surface area (Å²) in [6, 6.07) is 28.3. The largest absolute Gasteiger partial charge is 0.494 e. The van der Waals surface area contributed by atoms with E-state index in [0.717, 1.165) is 11.5 Å². The minimum absolute atomic E-state index is 0.272. The lowest BCUT2D eigenvalue weighted by Gasteiger charge is -2.24. The molecule has 206 valence electrons. The van der Waals surface area contributed by atoms with Crippen LogP contribution in [0.15, 0.2) is 97.1 Å². The van der Waals surface area contributed by atoms with Gasteiger partial charge >= 0.3 is 6.03 Å². The maximum atomic E-state index is 13.4. The van der Waals surface area contributed by atoms with Gasteiger partial charge in [0.15, 0.2) is 0 Å². The number of rotatable bonds is 11. The minimum Gasteiger partial charge on any atom is -0.494 e. The normalized spacial score (nSPS) is 10.5. The first-order valence-electron chi connectivity index (χ1n) is 12.8. The predicted octanol–water partition coefficient (Wildman–Crippen LogP) is 8.04. The highest BCUT2D eigenvalue weighted by molar-refractivity contribution is 6.42. The Hall–Kier alpha value is -4.20. The molecule has 0 saturated heterocycles. The second kappa shape index (κ2) is 14.3. The number of hydrogen-bond acceptors (Lipinski definition) is 4. The number of benzene rings is 4. The Morgan fingerprint density at radius 3 is 2.15 bits per heavy atom. The number of halogens is 2. The number of ether oxygens (including phenoxy) is 2. The fraction of sp³-hybridized carbons (Fsp3) is 0.161. The van der Waals surface area contributed by atoms with Crippen LogP contribution < -0.4 is 25.0 Å². The van der Waals surface area contributed by atoms with E-state index in [9.17, 15) is 9.59 Å². The maximum absolute atomic E-state index is 13.4. The van der Waals surface area contributed by atoms with Crippen molar-refractivity contribution in [1.82, 2.24) is 5.32 Å². The summed E-state index contributed by atoms with van der Waals surface area (Å²) < 4.78 is 11.4. The average Bonchev–Trinajstić information content (AvgIpc) is 2.96. The molecule has 0 bridgehead atoms. The molecule has 4 aromatic carbocycles. The average molecular weight is 578 g/mol. The Kier molecular flexibility index (Phi) is 10.3. The third-order valence-corrected chi connectivity index (χ3v) is 6.55. The lowest BCUT2D eigenvalue weighted by molar-refractivity contribution is 0.0953. The highest BCUT2D eigenvalue weighted by Gasteiger charge is 2.17. The van der Waals surface area contributed by atoms with Crippen LogP contribution in [-0.4, -0.2) is 31.6 Å². The Morgan fingerprint density at radius 1 is 0.800 bits per heavy atom. The first-order chi connectivity index (χ1) is 19.4. The summed E-state index contributed by atoms with van der Waals surface area (Å²) in [6.07, 6.45) is 0.506. The van der Waals surface area contributed by atoms with Gasteiger partial charge in [-0.15, -0.1) is 0 Å². The summed E-state index contributed by atoms with van der Waals surface area (Å²) in [5.74, 6) is 1.82. The van der Waals surface area contributed by atoms with Gasteiger partial charge in [-0.1, -0.05) is 41.4 Å². The number of para-hydroxylation sites is 1. The molecule has 3 amide bonds. The van der Waals surface area contributed by atoms with Crippen molar-refractivity contribution in [1.29, 1.82) is 0 Å². The Bertz CT molecular complexity index is 1420. The zero-order chi connectivity index (χ0) is 28.3. The van der Waals surface area contributed by atoms with E-state index in [2.05, 4.69) is 10.6 Å². The molecule has 0 saturated carbocycles. The van der Waals surface area contributed by atoms with Crippen molar-refractivity contribution in [3.8, 4) is 17.2 Å². The molecule has 0 unspecified atom stereocenters. The highest BCUT2D eigenvalue weighted by Crippen LogP contribution is 2.26. The quantitative estimate of drug-likeness (QED) is 0.177. The van der Waals surface area contributed by atoms with Crippen LogP contribution in [0.5, 0.6) is 17.2 Å². The molecular formula is C31H29Cl2N3O4. The molecule has 0 aliphatic rings. The van der Waals surface area contributed by atoms with Gasteiger partial charge in [-0.3, -0.25) is 9.69 Å². The molecule has 0 fully saturated rings. The van der Waals surface area contributed by atoms with E-state index in [0.29, 0.717) is 58.9 Å². The van der Waals surface area contributed by atoms with Gasteiger partial charge in [-0.25, -0.2) is 4.79 Å². The number of hydrogen-bond donors (Lipinski definition) is 2. The number of anilines is 2. The SMILES string of the molecule is CCOc1ccc(NC(=O)N(CCCNC(=O)c2ccc(Cl)c(Cl)c2)c2ccc(Oc3ccccc3)cc2)cc1. The summed E-state index contributed by atoms with van der Waals surface area (Å²) in [6.45, 7) is 3.17. The van der Waals surface area contributed by atoms with Gasteiger partial charge in [-0.2, -0.15) is 0 Å². The maximum Gasteiger partial charge on any atom is 0.326 e. The molecule has 4 rings (SSSR count). The fourth-order valence-corrected chi connectivity index (χ4v) is 4.14. The van der Waals surface area contributed by atoms with Gasteiger partial charge in [-0.05, 0) is 92.2 Å². The Labute approximate surface area is 243 Å². The number of carbonyl (C=O) groups excluding carboxylic acids is 2. The van der Waals surface area contributed by atoms with E-state index in [4.69, 9.17) is 32.7 Å². The molecule has 0 aromatic heterocycles. The predicted molar refractivity (Wildman–Crippen MR) is 160 cm³/mol. The number of nitrogens with one attached hydrogen (secondary N) is 2. The van der Waals surface area contributed by atoms with Crippen LogP contribution in [0.1, 0.15) is 23.7 Å². The van der Waals surface area contributed by atoms with Crippen molar-refractivity contribution in [3.05, 3.63) is 113 Å². The molecule has 9 heteroatoms. The van der Waals surface area contributed by atoms with Crippen LogP contribution in [-0.2, 0) is 0 Å². The van der Waals surface area contributed by atoms with E-state index in [1.54, 1.807) is 41.3 Å². The minimum atomic E-state index is -0.309. The summed E-state index contributed by atoms with van der Waals surface area (Å²) in [5, 5.41) is 6.49. The van der Waals surface area contributed by atoms with Crippen LogP contribution >= 0.6 is 23.2 Å². The molecular weight excluding hydrogens is 549 g/mol. The molecule has 0 aliphatic carbocycles. The molecule has 0 atom stereocenters. The van der Waals surface area contributed by atoms with Crippen molar-refractivity contribution in [2.75, 3.05) is 29.9 Å². The van der Waals surface area contributed by atoms with Crippen molar-refractivity contribution in [2.24, 2.45) is 0 Å². The molecule has 0 radical (unpaired) electrons. The van der Waals surface area contributed by atoms with E-state index < -0.39 is 0 Å². The molecule has 0 aliphatic heterocycles. The second-order valence-corrected chi connectivity index (χ2v) is 9.50. The van der Waals surface area contributed by atoms with E-state index >= 15 is 0 Å². The lowest BCUT2D eigenvalue weighted by atomic mass is 10.2. The third kappa shape index (κ3) is 8.15. The van der Waals surface area contributed by atoms with Gasteiger partial charge < -0.3 is 20.1 Å². The van der Waals surface area contributed by atoms with Crippen LogP contribution in [0.4, 0.5) is 16.2 Å². The number of amides is 3. The van der Waals surface area contributed by atoms with E-state index in [-0.39, 0.29) is 11.9 Å². The summed E-state index contributed by atoms with van der Waals surface area (Å²) in [7, 11) is 0. The molecule has 7 nitrogen and oxygen atoms in total.